The van der Waals surface area contributed by atoms with E-state index in [4.69, 9.17) is 0 Å². The fourth-order valence-corrected chi connectivity index (χ4v) is 5.58. The average molecular weight is 407 g/mol. The molecule has 0 spiro atoms. The summed E-state index contributed by atoms with van der Waals surface area (Å²) in [6.45, 7) is 11.3. The van der Waals surface area contributed by atoms with E-state index in [0.29, 0.717) is 11.8 Å². The third-order valence-electron chi connectivity index (χ3n) is 8.07. The van der Waals surface area contributed by atoms with Crippen molar-refractivity contribution in [1.29, 1.82) is 0 Å². The summed E-state index contributed by atoms with van der Waals surface area (Å²) < 4.78 is 0. The molecule has 0 aromatic heterocycles. The molecule has 0 amide bonds. The zero-order valence-corrected chi connectivity index (χ0v) is 20.3. The molecular weight excluding hydrogens is 356 g/mol. The zero-order valence-electron chi connectivity index (χ0n) is 20.3. The molecule has 1 N–H and O–H groups in total. The molecular formula is C27H50O2. The first-order valence-corrected chi connectivity index (χ1v) is 12.7. The van der Waals surface area contributed by atoms with Gasteiger partial charge in [0.25, 0.3) is 0 Å². The van der Waals surface area contributed by atoms with E-state index in [1.54, 1.807) is 0 Å². The van der Waals surface area contributed by atoms with E-state index >= 15 is 0 Å². The molecule has 0 aromatic carbocycles. The van der Waals surface area contributed by atoms with Gasteiger partial charge in [-0.05, 0) is 68.6 Å². The second kappa shape index (κ2) is 13.5. The summed E-state index contributed by atoms with van der Waals surface area (Å²) in [5.74, 6) is 0.264. The highest BCUT2D eigenvalue weighted by molar-refractivity contribution is 5.75. The minimum atomic E-state index is -0.541. The Hall–Kier alpha value is -0.790. The largest absolute Gasteiger partial charge is 0.481 e. The van der Waals surface area contributed by atoms with Crippen molar-refractivity contribution in [1.82, 2.24) is 0 Å². The van der Waals surface area contributed by atoms with Crippen LogP contribution in [0.1, 0.15) is 131 Å². The van der Waals surface area contributed by atoms with Gasteiger partial charge in [-0.3, -0.25) is 4.79 Å². The van der Waals surface area contributed by atoms with Gasteiger partial charge in [0.05, 0.1) is 5.41 Å². The molecule has 1 aliphatic rings. The standard InChI is InChI=1S/C27H50O2/c1-6-8-9-10-11-12-13-14-15-16-17-18-22-27(7-2,25(28)29)24-20-19-21-26(4,5)23(24)3/h12-13,23-24H,6-11,14-22H2,1-5H3,(H,28,29). The van der Waals surface area contributed by atoms with Crippen LogP contribution in [0.5, 0.6) is 0 Å². The molecule has 0 bridgehead atoms. The molecule has 3 atom stereocenters. The Morgan fingerprint density at radius 2 is 1.59 bits per heavy atom. The maximum atomic E-state index is 12.4. The normalized spacial score (nSPS) is 23.9. The van der Waals surface area contributed by atoms with Crippen LogP contribution in [0.4, 0.5) is 0 Å². The van der Waals surface area contributed by atoms with Crippen molar-refractivity contribution in [3.05, 3.63) is 12.2 Å². The van der Waals surface area contributed by atoms with Crippen LogP contribution >= 0.6 is 0 Å². The lowest BCUT2D eigenvalue weighted by Crippen LogP contribution is -2.47. The van der Waals surface area contributed by atoms with E-state index in [9.17, 15) is 9.90 Å². The molecule has 0 radical (unpaired) electrons. The third-order valence-corrected chi connectivity index (χ3v) is 8.07. The molecule has 170 valence electrons. The summed E-state index contributed by atoms with van der Waals surface area (Å²) in [5.41, 5.74) is -0.253. The second-order valence-electron chi connectivity index (χ2n) is 10.4. The lowest BCUT2D eigenvalue weighted by Gasteiger charge is -2.49. The quantitative estimate of drug-likeness (QED) is 0.218. The van der Waals surface area contributed by atoms with Crippen LogP contribution < -0.4 is 0 Å². The molecule has 1 fully saturated rings. The zero-order chi connectivity index (χ0) is 21.8. The molecule has 0 aliphatic heterocycles. The second-order valence-corrected chi connectivity index (χ2v) is 10.4. The van der Waals surface area contributed by atoms with Crippen molar-refractivity contribution in [2.45, 2.75) is 131 Å². The summed E-state index contributed by atoms with van der Waals surface area (Å²) in [5, 5.41) is 10.2. The highest BCUT2D eigenvalue weighted by atomic mass is 16.4. The monoisotopic (exact) mass is 406 g/mol. The van der Waals surface area contributed by atoms with Crippen LogP contribution in [-0.4, -0.2) is 11.1 Å². The van der Waals surface area contributed by atoms with E-state index in [1.807, 2.05) is 0 Å². The van der Waals surface area contributed by atoms with Gasteiger partial charge in [0.2, 0.25) is 0 Å². The van der Waals surface area contributed by atoms with Crippen LogP contribution in [0.3, 0.4) is 0 Å². The van der Waals surface area contributed by atoms with Crippen molar-refractivity contribution >= 4 is 5.97 Å². The van der Waals surface area contributed by atoms with Crippen LogP contribution in [0.25, 0.3) is 0 Å². The van der Waals surface area contributed by atoms with Crippen molar-refractivity contribution in [3.63, 3.8) is 0 Å². The van der Waals surface area contributed by atoms with Crippen molar-refractivity contribution in [2.24, 2.45) is 22.7 Å². The predicted molar refractivity (Wildman–Crippen MR) is 126 cm³/mol. The Balaban J connectivity index is 2.40. The van der Waals surface area contributed by atoms with Crippen LogP contribution in [0, 0.1) is 22.7 Å². The first-order valence-electron chi connectivity index (χ1n) is 12.7. The topological polar surface area (TPSA) is 37.3 Å². The van der Waals surface area contributed by atoms with E-state index in [2.05, 4.69) is 46.8 Å². The number of aliphatic carboxylic acids is 1. The summed E-state index contributed by atoms with van der Waals surface area (Å²) in [4.78, 5) is 12.4. The third kappa shape index (κ3) is 8.10. The van der Waals surface area contributed by atoms with Crippen LogP contribution in [0.2, 0.25) is 0 Å². The van der Waals surface area contributed by atoms with Gasteiger partial charge in [0.15, 0.2) is 0 Å². The molecule has 0 aromatic rings. The predicted octanol–water partition coefficient (Wildman–Crippen LogP) is 8.80. The number of carboxylic acids is 1. The maximum absolute atomic E-state index is 12.4. The number of carboxylic acid groups (broad SMARTS) is 1. The van der Waals surface area contributed by atoms with Gasteiger partial charge in [0.1, 0.15) is 0 Å². The molecule has 1 rings (SSSR count). The summed E-state index contributed by atoms with van der Waals surface area (Å²) >= 11 is 0. The lowest BCUT2D eigenvalue weighted by atomic mass is 9.54. The summed E-state index contributed by atoms with van der Waals surface area (Å²) in [7, 11) is 0. The molecule has 1 aliphatic carbocycles. The Kier molecular flexibility index (Phi) is 12.2. The van der Waals surface area contributed by atoms with Gasteiger partial charge in [-0.15, -0.1) is 0 Å². The Bertz CT molecular complexity index is 479. The fourth-order valence-electron chi connectivity index (χ4n) is 5.58. The summed E-state index contributed by atoms with van der Waals surface area (Å²) in [6.07, 6.45) is 22.3. The van der Waals surface area contributed by atoms with Gasteiger partial charge >= 0.3 is 5.97 Å². The van der Waals surface area contributed by atoms with Crippen LogP contribution in [0.15, 0.2) is 12.2 Å². The number of hydrogen-bond acceptors (Lipinski definition) is 1. The van der Waals surface area contributed by atoms with E-state index in [0.717, 1.165) is 25.7 Å². The Morgan fingerprint density at radius 1 is 1.00 bits per heavy atom. The molecule has 2 nitrogen and oxygen atoms in total. The minimum Gasteiger partial charge on any atom is -0.481 e. The number of carbonyl (C=O) groups is 1. The van der Waals surface area contributed by atoms with E-state index in [-0.39, 0.29) is 5.41 Å². The fraction of sp³-hybridized carbons (Fsp3) is 0.889. The van der Waals surface area contributed by atoms with Crippen LogP contribution in [-0.2, 0) is 4.79 Å². The van der Waals surface area contributed by atoms with Crippen molar-refractivity contribution in [2.75, 3.05) is 0 Å². The van der Waals surface area contributed by atoms with Gasteiger partial charge in [-0.25, -0.2) is 0 Å². The Labute approximate surface area is 181 Å². The molecule has 2 heteroatoms. The van der Waals surface area contributed by atoms with Crippen molar-refractivity contribution in [3.8, 4) is 0 Å². The number of hydrogen-bond donors (Lipinski definition) is 1. The van der Waals surface area contributed by atoms with E-state index < -0.39 is 11.4 Å². The highest BCUT2D eigenvalue weighted by Gasteiger charge is 2.50. The molecule has 1 saturated carbocycles. The average Bonchev–Trinajstić information content (AvgIpc) is 2.68. The van der Waals surface area contributed by atoms with Gasteiger partial charge in [-0.1, -0.05) is 91.7 Å². The smallest absolute Gasteiger partial charge is 0.309 e. The van der Waals surface area contributed by atoms with Gasteiger partial charge in [-0.2, -0.15) is 0 Å². The molecule has 0 saturated heterocycles. The van der Waals surface area contributed by atoms with Crippen molar-refractivity contribution < 1.29 is 9.90 Å². The Morgan fingerprint density at radius 3 is 2.14 bits per heavy atom. The SMILES string of the molecule is CCCCCCC=CCCCCCCC(CC)(C(=O)O)C1CCCC(C)(C)C1C. The number of allylic oxidation sites excluding steroid dienone is 2. The molecule has 0 heterocycles. The summed E-state index contributed by atoms with van der Waals surface area (Å²) in [6, 6.07) is 0. The maximum Gasteiger partial charge on any atom is 0.309 e. The van der Waals surface area contributed by atoms with Gasteiger partial charge < -0.3 is 5.11 Å². The van der Waals surface area contributed by atoms with Gasteiger partial charge in [0, 0.05) is 0 Å². The number of unbranched alkanes of at least 4 members (excludes halogenated alkanes) is 8. The first-order chi connectivity index (χ1) is 13.8. The lowest BCUT2D eigenvalue weighted by molar-refractivity contribution is -0.159. The van der Waals surface area contributed by atoms with E-state index in [1.165, 1.54) is 70.6 Å². The number of rotatable bonds is 15. The minimum absolute atomic E-state index is 0.266. The first kappa shape index (κ1) is 26.2. The molecule has 29 heavy (non-hydrogen) atoms. The molecule has 3 unspecified atom stereocenters. The highest BCUT2D eigenvalue weighted by Crippen LogP contribution is 2.53.